The number of allylic oxidation sites excluding steroid dienone is 1. The largest absolute Gasteiger partial charge is 0.458 e. The van der Waals surface area contributed by atoms with Gasteiger partial charge in [0.1, 0.15) is 42.5 Å². The third-order valence-corrected chi connectivity index (χ3v) is 4.71. The Kier molecular flexibility index (Phi) is 5.45. The highest BCUT2D eigenvalue weighted by molar-refractivity contribution is 5.80. The van der Waals surface area contributed by atoms with Crippen LogP contribution in [0, 0.1) is 5.92 Å². The molecule has 3 heterocycles. The third kappa shape index (κ3) is 3.45. The van der Waals surface area contributed by atoms with Gasteiger partial charge in [0.15, 0.2) is 6.29 Å². The SMILES string of the molecule is CC(C)=CC1OC(COC2OC(CO)C(O)C(O)C2O)C2C(=O)OC12. The average molecular weight is 360 g/mol. The number of hydrogen-bond donors (Lipinski definition) is 4. The Balaban J connectivity index is 1.61. The van der Waals surface area contributed by atoms with Gasteiger partial charge in [0.25, 0.3) is 0 Å². The molecule has 0 bridgehead atoms. The van der Waals surface area contributed by atoms with Crippen LogP contribution in [0.5, 0.6) is 0 Å². The molecule has 3 aliphatic rings. The minimum Gasteiger partial charge on any atom is -0.458 e. The van der Waals surface area contributed by atoms with Crippen LogP contribution in [0.15, 0.2) is 11.6 Å². The molecule has 3 saturated heterocycles. The Morgan fingerprint density at radius 3 is 2.44 bits per heavy atom. The molecule has 3 aliphatic heterocycles. The van der Waals surface area contributed by atoms with E-state index in [1.807, 2.05) is 19.9 Å². The number of carbonyl (C=O) groups excluding carboxylic acids is 1. The number of rotatable bonds is 5. The van der Waals surface area contributed by atoms with Gasteiger partial charge in [-0.3, -0.25) is 4.79 Å². The Morgan fingerprint density at radius 2 is 1.84 bits per heavy atom. The summed E-state index contributed by atoms with van der Waals surface area (Å²) in [5.74, 6) is -0.817. The molecule has 3 rings (SSSR count). The van der Waals surface area contributed by atoms with Crippen molar-refractivity contribution in [1.82, 2.24) is 0 Å². The third-order valence-electron chi connectivity index (χ3n) is 4.71. The standard InChI is InChI=1S/C16H24O9/c1-6(2)3-7-14-10(15(21)25-14)9(23-7)5-22-16-13(20)12(19)11(18)8(4-17)24-16/h3,7-14,16-20H,4-5H2,1-2H3. The van der Waals surface area contributed by atoms with Gasteiger partial charge < -0.3 is 39.4 Å². The van der Waals surface area contributed by atoms with E-state index in [1.54, 1.807) is 0 Å². The summed E-state index contributed by atoms with van der Waals surface area (Å²) in [6.07, 6.45) is -6.16. The quantitative estimate of drug-likeness (QED) is 0.327. The Morgan fingerprint density at radius 1 is 1.12 bits per heavy atom. The summed E-state index contributed by atoms with van der Waals surface area (Å²) < 4.78 is 21.7. The zero-order valence-corrected chi connectivity index (χ0v) is 14.0. The maximum Gasteiger partial charge on any atom is 0.316 e. The highest BCUT2D eigenvalue weighted by Gasteiger charge is 2.58. The summed E-state index contributed by atoms with van der Waals surface area (Å²) in [6, 6.07) is 0. The van der Waals surface area contributed by atoms with Crippen molar-refractivity contribution in [2.75, 3.05) is 13.2 Å². The number of hydrogen-bond acceptors (Lipinski definition) is 9. The van der Waals surface area contributed by atoms with E-state index in [9.17, 15) is 25.2 Å². The van der Waals surface area contributed by atoms with Gasteiger partial charge in [-0.25, -0.2) is 0 Å². The molecule has 0 saturated carbocycles. The topological polar surface area (TPSA) is 135 Å². The van der Waals surface area contributed by atoms with Crippen LogP contribution in [0.4, 0.5) is 0 Å². The minimum atomic E-state index is -1.51. The van der Waals surface area contributed by atoms with E-state index in [4.69, 9.17) is 18.9 Å². The van der Waals surface area contributed by atoms with Gasteiger partial charge >= 0.3 is 5.97 Å². The van der Waals surface area contributed by atoms with E-state index in [-0.39, 0.29) is 24.8 Å². The fourth-order valence-electron chi connectivity index (χ4n) is 3.35. The van der Waals surface area contributed by atoms with E-state index >= 15 is 0 Å². The van der Waals surface area contributed by atoms with Crippen molar-refractivity contribution in [2.45, 2.75) is 62.9 Å². The van der Waals surface area contributed by atoms with Crippen molar-refractivity contribution < 1.29 is 44.2 Å². The zero-order chi connectivity index (χ0) is 18.3. The molecule has 0 aromatic heterocycles. The predicted octanol–water partition coefficient (Wildman–Crippen LogP) is -1.92. The lowest BCUT2D eigenvalue weighted by Gasteiger charge is -2.40. The first-order chi connectivity index (χ1) is 11.8. The maximum absolute atomic E-state index is 11.7. The van der Waals surface area contributed by atoms with Crippen LogP contribution in [0.1, 0.15) is 13.8 Å². The van der Waals surface area contributed by atoms with E-state index in [1.165, 1.54) is 0 Å². The van der Waals surface area contributed by atoms with Gasteiger partial charge in [0, 0.05) is 0 Å². The number of carbonyl (C=O) groups is 1. The summed E-state index contributed by atoms with van der Waals surface area (Å²) >= 11 is 0. The molecular weight excluding hydrogens is 336 g/mol. The highest BCUT2D eigenvalue weighted by atomic mass is 16.7. The highest BCUT2D eigenvalue weighted by Crippen LogP contribution is 2.39. The Labute approximate surface area is 144 Å². The lowest BCUT2D eigenvalue weighted by atomic mass is 9.91. The van der Waals surface area contributed by atoms with Crippen LogP contribution >= 0.6 is 0 Å². The number of aliphatic hydroxyl groups is 4. The molecule has 0 aromatic rings. The van der Waals surface area contributed by atoms with E-state index in [0.717, 1.165) is 5.57 Å². The molecular formula is C16H24O9. The van der Waals surface area contributed by atoms with Crippen molar-refractivity contribution in [3.8, 4) is 0 Å². The Hall–Kier alpha value is -1.07. The molecule has 0 spiro atoms. The minimum absolute atomic E-state index is 0.0634. The number of fused-ring (bicyclic) bond motifs is 1. The molecule has 9 heteroatoms. The fraction of sp³-hybridized carbons (Fsp3) is 0.812. The monoisotopic (exact) mass is 360 g/mol. The summed E-state index contributed by atoms with van der Waals surface area (Å²) in [5, 5.41) is 38.7. The summed E-state index contributed by atoms with van der Waals surface area (Å²) in [6.45, 7) is 3.23. The van der Waals surface area contributed by atoms with Crippen molar-refractivity contribution in [3.63, 3.8) is 0 Å². The molecule has 0 aromatic carbocycles. The van der Waals surface area contributed by atoms with Crippen LogP contribution in [0.25, 0.3) is 0 Å². The maximum atomic E-state index is 11.7. The number of ether oxygens (including phenoxy) is 4. The number of esters is 1. The van der Waals surface area contributed by atoms with E-state index < -0.39 is 49.3 Å². The van der Waals surface area contributed by atoms with Crippen molar-refractivity contribution >= 4 is 5.97 Å². The fourth-order valence-corrected chi connectivity index (χ4v) is 3.35. The zero-order valence-electron chi connectivity index (χ0n) is 14.0. The molecule has 9 atom stereocenters. The van der Waals surface area contributed by atoms with Crippen LogP contribution in [0.3, 0.4) is 0 Å². The molecule has 0 amide bonds. The van der Waals surface area contributed by atoms with Crippen LogP contribution in [-0.4, -0.2) is 88.6 Å². The number of aliphatic hydroxyl groups excluding tert-OH is 4. The molecule has 9 nitrogen and oxygen atoms in total. The first-order valence-electron chi connectivity index (χ1n) is 8.26. The molecule has 25 heavy (non-hydrogen) atoms. The summed E-state index contributed by atoms with van der Waals surface area (Å²) in [4.78, 5) is 11.7. The van der Waals surface area contributed by atoms with Gasteiger partial charge in [-0.15, -0.1) is 0 Å². The van der Waals surface area contributed by atoms with Crippen molar-refractivity contribution in [2.24, 2.45) is 5.92 Å². The van der Waals surface area contributed by atoms with Gasteiger partial charge in [0.2, 0.25) is 0 Å². The van der Waals surface area contributed by atoms with E-state index in [0.29, 0.717) is 0 Å². The second-order valence-electron chi connectivity index (χ2n) is 6.84. The summed E-state index contributed by atoms with van der Waals surface area (Å²) in [7, 11) is 0. The lowest BCUT2D eigenvalue weighted by Crippen LogP contribution is -2.59. The molecule has 9 unspecified atom stereocenters. The smallest absolute Gasteiger partial charge is 0.316 e. The second kappa shape index (κ2) is 7.28. The van der Waals surface area contributed by atoms with Crippen molar-refractivity contribution in [1.29, 1.82) is 0 Å². The van der Waals surface area contributed by atoms with Gasteiger partial charge in [-0.1, -0.05) is 11.6 Å². The predicted molar refractivity (Wildman–Crippen MR) is 81.2 cm³/mol. The van der Waals surface area contributed by atoms with Gasteiger partial charge in [-0.05, 0) is 13.8 Å². The lowest BCUT2D eigenvalue weighted by molar-refractivity contribution is -0.305. The Bertz CT molecular complexity index is 530. The summed E-state index contributed by atoms with van der Waals surface area (Å²) in [5.41, 5.74) is 1.03. The average Bonchev–Trinajstić information content (AvgIpc) is 2.82. The second-order valence-corrected chi connectivity index (χ2v) is 6.84. The molecule has 0 aliphatic carbocycles. The van der Waals surface area contributed by atoms with Crippen LogP contribution in [0.2, 0.25) is 0 Å². The van der Waals surface area contributed by atoms with Crippen LogP contribution < -0.4 is 0 Å². The van der Waals surface area contributed by atoms with Crippen molar-refractivity contribution in [3.05, 3.63) is 11.6 Å². The molecule has 0 radical (unpaired) electrons. The first-order valence-corrected chi connectivity index (χ1v) is 8.26. The first kappa shape index (κ1) is 18.7. The molecule has 3 fully saturated rings. The normalized spacial score (nSPS) is 46.2. The van der Waals surface area contributed by atoms with E-state index in [2.05, 4.69) is 0 Å². The van der Waals surface area contributed by atoms with Crippen LogP contribution in [-0.2, 0) is 23.7 Å². The van der Waals surface area contributed by atoms with Gasteiger partial charge in [-0.2, -0.15) is 0 Å². The van der Waals surface area contributed by atoms with Gasteiger partial charge in [0.05, 0.1) is 19.3 Å². The molecule has 4 N–H and O–H groups in total. The molecule has 142 valence electrons.